The highest BCUT2D eigenvalue weighted by Gasteiger charge is 2.34. The third-order valence-electron chi connectivity index (χ3n) is 5.90. The summed E-state index contributed by atoms with van der Waals surface area (Å²) in [5, 5.41) is 23.9. The first kappa shape index (κ1) is 27.7. The molecule has 2 atom stereocenters. The SMILES string of the molecule is Cn1c(Cl)ccc1C(=O)N[C@@H]1CCC[C@](O)(C#Cc2cccc(Cl)c2)C1.Cn1c(Cl)ccc1C(=O)O. The van der Waals surface area contributed by atoms with E-state index in [4.69, 9.17) is 39.9 Å². The van der Waals surface area contributed by atoms with Crippen LogP contribution < -0.4 is 5.32 Å². The van der Waals surface area contributed by atoms with Crippen molar-refractivity contribution in [2.24, 2.45) is 14.1 Å². The predicted octanol–water partition coefficient (Wildman–Crippen LogP) is 5.16. The fraction of sp³-hybridized carbons (Fsp3) is 0.308. The number of halogens is 3. The van der Waals surface area contributed by atoms with Crippen LogP contribution in [-0.4, -0.2) is 42.9 Å². The average Bonchev–Trinajstić information content (AvgIpc) is 3.34. The van der Waals surface area contributed by atoms with Crippen LogP contribution in [0.4, 0.5) is 0 Å². The molecule has 1 saturated carbocycles. The van der Waals surface area contributed by atoms with Crippen molar-refractivity contribution < 1.29 is 19.8 Å². The van der Waals surface area contributed by atoms with Crippen molar-refractivity contribution >= 4 is 46.7 Å². The van der Waals surface area contributed by atoms with Gasteiger partial charge < -0.3 is 24.7 Å². The lowest BCUT2D eigenvalue weighted by Crippen LogP contribution is -2.45. The lowest BCUT2D eigenvalue weighted by molar-refractivity contribution is 0.0450. The molecule has 1 aliphatic carbocycles. The average molecular weight is 551 g/mol. The normalized spacial score (nSPS) is 18.9. The van der Waals surface area contributed by atoms with Crippen LogP contribution >= 0.6 is 34.8 Å². The maximum Gasteiger partial charge on any atom is 0.352 e. The Bertz CT molecular complexity index is 1320. The quantitative estimate of drug-likeness (QED) is 0.392. The lowest BCUT2D eigenvalue weighted by atomic mass is 9.82. The molecule has 3 aromatic rings. The summed E-state index contributed by atoms with van der Waals surface area (Å²) in [6.07, 6.45) is 2.58. The van der Waals surface area contributed by atoms with Gasteiger partial charge >= 0.3 is 5.97 Å². The maximum atomic E-state index is 12.5. The van der Waals surface area contributed by atoms with Gasteiger partial charge in [-0.3, -0.25) is 4.79 Å². The molecule has 36 heavy (non-hydrogen) atoms. The number of nitrogens with one attached hydrogen (secondary N) is 1. The lowest BCUT2D eigenvalue weighted by Gasteiger charge is -2.33. The van der Waals surface area contributed by atoms with Gasteiger partial charge in [0.15, 0.2) is 0 Å². The molecule has 0 bridgehead atoms. The summed E-state index contributed by atoms with van der Waals surface area (Å²) in [5.74, 6) is 4.80. The first-order chi connectivity index (χ1) is 17.0. The maximum absolute atomic E-state index is 12.5. The van der Waals surface area contributed by atoms with Crippen LogP contribution in [0, 0.1) is 11.8 Å². The Labute approximate surface area is 224 Å². The largest absolute Gasteiger partial charge is 0.477 e. The molecule has 0 unspecified atom stereocenters. The van der Waals surface area contributed by atoms with Gasteiger partial charge in [0.25, 0.3) is 5.91 Å². The number of hydrogen-bond acceptors (Lipinski definition) is 3. The molecular formula is C26H26Cl3N3O4. The Kier molecular flexibility index (Phi) is 9.15. The van der Waals surface area contributed by atoms with Crippen LogP contribution in [0.1, 0.15) is 52.2 Å². The van der Waals surface area contributed by atoms with E-state index in [0.29, 0.717) is 33.9 Å². The van der Waals surface area contributed by atoms with Crippen LogP contribution in [-0.2, 0) is 14.1 Å². The van der Waals surface area contributed by atoms with Gasteiger partial charge in [0.2, 0.25) is 0 Å². The molecule has 190 valence electrons. The van der Waals surface area contributed by atoms with Gasteiger partial charge in [-0.15, -0.1) is 0 Å². The van der Waals surface area contributed by atoms with Crippen molar-refractivity contribution in [3.63, 3.8) is 0 Å². The molecule has 4 rings (SSSR count). The van der Waals surface area contributed by atoms with Gasteiger partial charge in [-0.2, -0.15) is 0 Å². The number of carboxylic acid groups (broad SMARTS) is 1. The number of amides is 1. The number of aromatic nitrogens is 2. The number of carboxylic acids is 1. The van der Waals surface area contributed by atoms with Crippen molar-refractivity contribution in [1.29, 1.82) is 0 Å². The summed E-state index contributed by atoms with van der Waals surface area (Å²) in [7, 11) is 3.34. The molecule has 1 amide bonds. The zero-order valence-corrected chi connectivity index (χ0v) is 22.0. The van der Waals surface area contributed by atoms with Gasteiger partial charge in [-0.1, -0.05) is 52.7 Å². The molecule has 2 aromatic heterocycles. The number of nitrogens with zero attached hydrogens (tertiary/aromatic N) is 2. The Morgan fingerprint density at radius 1 is 1.03 bits per heavy atom. The summed E-state index contributed by atoms with van der Waals surface area (Å²) >= 11 is 17.5. The number of carbonyl (C=O) groups is 2. The Balaban J connectivity index is 0.000000303. The Morgan fingerprint density at radius 3 is 2.19 bits per heavy atom. The standard InChI is InChI=1S/C20H20Cl2N2O2.C6H6ClNO2/c1-24-17(7-8-18(24)22)19(25)23-16-6-3-10-20(26,13-16)11-9-14-4-2-5-15(21)12-14;1-8-4(6(9)10)2-3-5(8)7/h2,4-5,7-8,12,16,26H,3,6,10,13H2,1H3,(H,23,25);2-3H,1H3,(H,9,10)/t16-,20+;/m1./s1. The third kappa shape index (κ3) is 7.08. The molecular weight excluding hydrogens is 525 g/mol. The number of benzene rings is 1. The molecule has 7 nitrogen and oxygen atoms in total. The van der Waals surface area contributed by atoms with Crippen molar-refractivity contribution in [1.82, 2.24) is 14.5 Å². The molecule has 3 N–H and O–H groups in total. The molecule has 0 saturated heterocycles. The minimum absolute atomic E-state index is 0.136. The molecule has 0 spiro atoms. The molecule has 0 radical (unpaired) electrons. The number of rotatable bonds is 3. The first-order valence-corrected chi connectivity index (χ1v) is 12.3. The molecule has 10 heteroatoms. The zero-order valence-electron chi connectivity index (χ0n) is 19.8. The second-order valence-corrected chi connectivity index (χ2v) is 9.78. The van der Waals surface area contributed by atoms with Crippen LogP contribution in [0.25, 0.3) is 0 Å². The molecule has 1 fully saturated rings. The zero-order chi connectivity index (χ0) is 26.5. The molecule has 1 aromatic carbocycles. The van der Waals surface area contributed by atoms with Crippen LogP contribution in [0.3, 0.4) is 0 Å². The Hall–Kier alpha value is -2.89. The summed E-state index contributed by atoms with van der Waals surface area (Å²) < 4.78 is 3.04. The molecule has 2 heterocycles. The number of aromatic carboxylic acids is 1. The highest BCUT2D eigenvalue weighted by atomic mass is 35.5. The molecule has 1 aliphatic rings. The van der Waals surface area contributed by atoms with Crippen LogP contribution in [0.2, 0.25) is 15.3 Å². The van der Waals surface area contributed by atoms with Crippen molar-refractivity contribution in [3.8, 4) is 11.8 Å². The molecule has 0 aliphatic heterocycles. The summed E-state index contributed by atoms with van der Waals surface area (Å²) in [6, 6.07) is 13.5. The summed E-state index contributed by atoms with van der Waals surface area (Å²) in [5.41, 5.74) is 0.333. The minimum atomic E-state index is -1.12. The van der Waals surface area contributed by atoms with E-state index >= 15 is 0 Å². The van der Waals surface area contributed by atoms with E-state index in [0.717, 1.165) is 18.4 Å². The van der Waals surface area contributed by atoms with Gasteiger partial charge in [0.1, 0.15) is 27.3 Å². The summed E-state index contributed by atoms with van der Waals surface area (Å²) in [6.45, 7) is 0. The van der Waals surface area contributed by atoms with E-state index in [1.54, 1.807) is 49.0 Å². The smallest absolute Gasteiger partial charge is 0.352 e. The Morgan fingerprint density at radius 2 is 1.67 bits per heavy atom. The van der Waals surface area contributed by atoms with Gasteiger partial charge in [-0.25, -0.2) is 4.79 Å². The highest BCUT2D eigenvalue weighted by Crippen LogP contribution is 2.28. The minimum Gasteiger partial charge on any atom is -0.477 e. The predicted molar refractivity (Wildman–Crippen MR) is 141 cm³/mol. The van der Waals surface area contributed by atoms with E-state index in [2.05, 4.69) is 17.2 Å². The monoisotopic (exact) mass is 549 g/mol. The fourth-order valence-corrected chi connectivity index (χ4v) is 4.42. The van der Waals surface area contributed by atoms with Crippen LogP contribution in [0.15, 0.2) is 48.5 Å². The van der Waals surface area contributed by atoms with E-state index < -0.39 is 11.6 Å². The topological polar surface area (TPSA) is 96.5 Å². The van der Waals surface area contributed by atoms with Gasteiger partial charge in [0.05, 0.1) is 0 Å². The summed E-state index contributed by atoms with van der Waals surface area (Å²) in [4.78, 5) is 22.8. The van der Waals surface area contributed by atoms with E-state index in [1.165, 1.54) is 10.6 Å². The van der Waals surface area contributed by atoms with Crippen LogP contribution in [0.5, 0.6) is 0 Å². The van der Waals surface area contributed by atoms with E-state index in [-0.39, 0.29) is 17.6 Å². The number of hydrogen-bond donors (Lipinski definition) is 3. The van der Waals surface area contributed by atoms with Crippen molar-refractivity contribution in [2.75, 3.05) is 0 Å². The van der Waals surface area contributed by atoms with Gasteiger partial charge in [0, 0.05) is 37.1 Å². The second-order valence-electron chi connectivity index (χ2n) is 8.56. The van der Waals surface area contributed by atoms with E-state index in [1.807, 2.05) is 12.1 Å². The van der Waals surface area contributed by atoms with Crippen molar-refractivity contribution in [2.45, 2.75) is 37.3 Å². The van der Waals surface area contributed by atoms with E-state index in [9.17, 15) is 14.7 Å². The second kappa shape index (κ2) is 11.9. The van der Waals surface area contributed by atoms with Crippen molar-refractivity contribution in [3.05, 3.63) is 80.8 Å². The fourth-order valence-electron chi connectivity index (χ4n) is 3.92. The third-order valence-corrected chi connectivity index (χ3v) is 6.89. The number of carbonyl (C=O) groups excluding carboxylic acids is 1. The highest BCUT2D eigenvalue weighted by molar-refractivity contribution is 6.30. The number of aliphatic hydroxyl groups is 1. The first-order valence-electron chi connectivity index (χ1n) is 11.2. The van der Waals surface area contributed by atoms with Gasteiger partial charge in [-0.05, 0) is 61.7 Å².